The van der Waals surface area contributed by atoms with E-state index in [1.54, 1.807) is 6.26 Å². The summed E-state index contributed by atoms with van der Waals surface area (Å²) in [5.41, 5.74) is 0.570. The molecule has 0 aliphatic carbocycles. The Morgan fingerprint density at radius 2 is 1.61 bits per heavy atom. The number of amides is 2. The summed E-state index contributed by atoms with van der Waals surface area (Å²) < 4.78 is 0. The van der Waals surface area contributed by atoms with E-state index >= 15 is 0 Å². The van der Waals surface area contributed by atoms with Crippen LogP contribution in [0.15, 0.2) is 41.7 Å². The van der Waals surface area contributed by atoms with Gasteiger partial charge in [0, 0.05) is 12.4 Å². The Kier molecular flexibility index (Phi) is 6.09. The molecule has 6 nitrogen and oxygen atoms in total. The van der Waals surface area contributed by atoms with Crippen molar-refractivity contribution in [1.82, 2.24) is 15.3 Å². The molecule has 23 heavy (non-hydrogen) atoms. The van der Waals surface area contributed by atoms with Crippen molar-refractivity contribution in [2.45, 2.75) is 0 Å². The number of pyridine rings is 2. The number of amidine groups is 1. The van der Waals surface area contributed by atoms with E-state index < -0.39 is 11.8 Å². The van der Waals surface area contributed by atoms with Crippen molar-refractivity contribution in [3.05, 3.63) is 58.1 Å². The number of carbonyl (C=O) groups excluding carboxylic acids is 2. The van der Waals surface area contributed by atoms with E-state index in [0.717, 1.165) is 11.8 Å². The lowest BCUT2D eigenvalue weighted by Gasteiger charge is -2.06. The normalized spacial score (nSPS) is 11.2. The van der Waals surface area contributed by atoms with Gasteiger partial charge in [0.2, 0.25) is 0 Å². The lowest BCUT2D eigenvalue weighted by molar-refractivity contribution is 0.0977. The van der Waals surface area contributed by atoms with Crippen LogP contribution in [0.1, 0.15) is 20.7 Å². The number of rotatable bonds is 2. The minimum atomic E-state index is -0.534. The van der Waals surface area contributed by atoms with Crippen molar-refractivity contribution in [3.8, 4) is 0 Å². The van der Waals surface area contributed by atoms with Gasteiger partial charge in [0.1, 0.15) is 10.3 Å². The van der Waals surface area contributed by atoms with Crippen LogP contribution in [0.25, 0.3) is 0 Å². The van der Waals surface area contributed by atoms with E-state index in [1.165, 1.54) is 36.7 Å². The molecule has 0 spiro atoms. The SMILES string of the molecule is CSC(=NC(=O)c1ccc(Cl)nc1)NC(=O)c1ccc(Cl)nc1. The molecular formula is C14H10Cl2N4O2S. The van der Waals surface area contributed by atoms with Gasteiger partial charge < -0.3 is 5.32 Å². The number of aromatic nitrogens is 2. The minimum Gasteiger partial charge on any atom is -0.301 e. The van der Waals surface area contributed by atoms with Crippen molar-refractivity contribution in [3.63, 3.8) is 0 Å². The maximum absolute atomic E-state index is 12.1. The van der Waals surface area contributed by atoms with Gasteiger partial charge >= 0.3 is 0 Å². The molecule has 0 saturated carbocycles. The second-order valence-electron chi connectivity index (χ2n) is 4.12. The third kappa shape index (κ3) is 5.02. The first kappa shape index (κ1) is 17.4. The maximum Gasteiger partial charge on any atom is 0.280 e. The highest BCUT2D eigenvalue weighted by atomic mass is 35.5. The van der Waals surface area contributed by atoms with Gasteiger partial charge in [0.15, 0.2) is 5.17 Å². The summed E-state index contributed by atoms with van der Waals surface area (Å²) in [4.78, 5) is 35.6. The quantitative estimate of drug-likeness (QED) is 0.500. The highest BCUT2D eigenvalue weighted by Crippen LogP contribution is 2.09. The summed E-state index contributed by atoms with van der Waals surface area (Å²) in [6.45, 7) is 0. The van der Waals surface area contributed by atoms with Crippen LogP contribution in [0.2, 0.25) is 10.3 Å². The van der Waals surface area contributed by atoms with Crippen molar-refractivity contribution in [2.24, 2.45) is 4.99 Å². The smallest absolute Gasteiger partial charge is 0.280 e. The van der Waals surface area contributed by atoms with Crippen LogP contribution in [0.4, 0.5) is 0 Å². The number of carbonyl (C=O) groups is 2. The van der Waals surface area contributed by atoms with Crippen LogP contribution in [0.5, 0.6) is 0 Å². The van der Waals surface area contributed by atoms with Gasteiger partial charge in [0.25, 0.3) is 11.8 Å². The van der Waals surface area contributed by atoms with Gasteiger partial charge in [-0.25, -0.2) is 9.97 Å². The second kappa shape index (κ2) is 8.05. The molecule has 2 aromatic heterocycles. The summed E-state index contributed by atoms with van der Waals surface area (Å²) in [5.74, 6) is -0.975. The van der Waals surface area contributed by atoms with Crippen LogP contribution in [-0.2, 0) is 0 Å². The molecule has 2 amide bonds. The zero-order chi connectivity index (χ0) is 16.8. The Morgan fingerprint density at radius 3 is 2.09 bits per heavy atom. The third-order valence-corrected chi connectivity index (χ3v) is 3.61. The fourth-order valence-corrected chi connectivity index (χ4v) is 2.06. The Morgan fingerprint density at radius 1 is 1.04 bits per heavy atom. The summed E-state index contributed by atoms with van der Waals surface area (Å²) in [6, 6.07) is 6.01. The topological polar surface area (TPSA) is 84.3 Å². The first-order valence-electron chi connectivity index (χ1n) is 6.21. The van der Waals surface area contributed by atoms with E-state index in [4.69, 9.17) is 23.2 Å². The predicted molar refractivity (Wildman–Crippen MR) is 91.2 cm³/mol. The Hall–Kier alpha value is -1.96. The van der Waals surface area contributed by atoms with Gasteiger partial charge in [-0.15, -0.1) is 0 Å². The predicted octanol–water partition coefficient (Wildman–Crippen LogP) is 3.07. The van der Waals surface area contributed by atoms with E-state index in [9.17, 15) is 9.59 Å². The van der Waals surface area contributed by atoms with Crippen LogP contribution < -0.4 is 5.32 Å². The molecule has 0 radical (unpaired) electrons. The fourth-order valence-electron chi connectivity index (χ4n) is 1.46. The first-order chi connectivity index (χ1) is 11.0. The zero-order valence-corrected chi connectivity index (χ0v) is 14.1. The highest BCUT2D eigenvalue weighted by molar-refractivity contribution is 8.13. The Labute approximate surface area is 146 Å². The van der Waals surface area contributed by atoms with Gasteiger partial charge in [-0.05, 0) is 30.5 Å². The van der Waals surface area contributed by atoms with Crippen LogP contribution in [0.3, 0.4) is 0 Å². The van der Waals surface area contributed by atoms with Crippen molar-refractivity contribution in [2.75, 3.05) is 6.26 Å². The van der Waals surface area contributed by atoms with Crippen molar-refractivity contribution in [1.29, 1.82) is 0 Å². The van der Waals surface area contributed by atoms with E-state index in [2.05, 4.69) is 20.3 Å². The maximum atomic E-state index is 12.1. The van der Waals surface area contributed by atoms with Crippen LogP contribution >= 0.6 is 35.0 Å². The lowest BCUT2D eigenvalue weighted by atomic mass is 10.3. The molecule has 118 valence electrons. The Bertz CT molecular complexity index is 748. The molecule has 9 heteroatoms. The van der Waals surface area contributed by atoms with Crippen LogP contribution in [0, 0.1) is 0 Å². The molecule has 0 atom stereocenters. The average molecular weight is 369 g/mol. The zero-order valence-electron chi connectivity index (χ0n) is 11.8. The minimum absolute atomic E-state index is 0.157. The molecular weight excluding hydrogens is 359 g/mol. The molecule has 0 unspecified atom stereocenters. The van der Waals surface area contributed by atoms with Crippen molar-refractivity contribution < 1.29 is 9.59 Å². The monoisotopic (exact) mass is 368 g/mol. The summed E-state index contributed by atoms with van der Waals surface area (Å²) >= 11 is 12.5. The van der Waals surface area contributed by atoms with E-state index in [1.807, 2.05) is 0 Å². The average Bonchev–Trinajstić information content (AvgIpc) is 2.55. The number of thioether (sulfide) groups is 1. The molecule has 0 fully saturated rings. The number of nitrogens with one attached hydrogen (secondary N) is 1. The number of nitrogens with zero attached hydrogens (tertiary/aromatic N) is 3. The van der Waals surface area contributed by atoms with Gasteiger partial charge in [0.05, 0.1) is 11.1 Å². The molecule has 2 aromatic rings. The van der Waals surface area contributed by atoms with Gasteiger partial charge in [-0.2, -0.15) is 4.99 Å². The number of hydrogen-bond donors (Lipinski definition) is 1. The Balaban J connectivity index is 2.12. The molecule has 0 aliphatic heterocycles. The second-order valence-corrected chi connectivity index (χ2v) is 5.69. The van der Waals surface area contributed by atoms with Crippen LogP contribution in [-0.4, -0.2) is 33.2 Å². The van der Waals surface area contributed by atoms with Gasteiger partial charge in [-0.3, -0.25) is 9.59 Å². The molecule has 0 aliphatic rings. The number of aliphatic imine (C=N–C) groups is 1. The van der Waals surface area contributed by atoms with E-state index in [-0.39, 0.29) is 21.0 Å². The summed E-state index contributed by atoms with van der Waals surface area (Å²) in [6.07, 6.45) is 4.34. The fraction of sp³-hybridized carbons (Fsp3) is 0.0714. The summed E-state index contributed by atoms with van der Waals surface area (Å²) in [5, 5.41) is 3.26. The highest BCUT2D eigenvalue weighted by Gasteiger charge is 2.12. The summed E-state index contributed by atoms with van der Waals surface area (Å²) in [7, 11) is 0. The largest absolute Gasteiger partial charge is 0.301 e. The molecule has 0 saturated heterocycles. The molecule has 2 heterocycles. The molecule has 1 N–H and O–H groups in total. The first-order valence-corrected chi connectivity index (χ1v) is 8.19. The third-order valence-electron chi connectivity index (χ3n) is 2.58. The molecule has 0 aromatic carbocycles. The number of hydrogen-bond acceptors (Lipinski definition) is 5. The molecule has 0 bridgehead atoms. The van der Waals surface area contributed by atoms with E-state index in [0.29, 0.717) is 5.56 Å². The van der Waals surface area contributed by atoms with Gasteiger partial charge in [-0.1, -0.05) is 35.0 Å². The lowest BCUT2D eigenvalue weighted by Crippen LogP contribution is -2.29. The molecule has 2 rings (SSSR count). The number of halogens is 2. The van der Waals surface area contributed by atoms with Crippen molar-refractivity contribution >= 4 is 51.9 Å². The standard InChI is InChI=1S/C14H10Cl2N4O2S/c1-23-14(19-12(21)8-2-4-10(15)17-6-8)20-13(22)9-3-5-11(16)18-7-9/h2-7H,1H3,(H,19,20,21,22).